The molecule has 0 aliphatic carbocycles. The summed E-state index contributed by atoms with van der Waals surface area (Å²) in [5.41, 5.74) is -1.75. The average Bonchev–Trinajstić information content (AvgIpc) is 2.65. The van der Waals surface area contributed by atoms with E-state index in [9.17, 15) is 26.4 Å². The number of sulfonamides is 1. The van der Waals surface area contributed by atoms with Crippen LogP contribution in [0.15, 0.2) is 62.6 Å². The van der Waals surface area contributed by atoms with Gasteiger partial charge < -0.3 is 9.15 Å². The van der Waals surface area contributed by atoms with E-state index in [1.807, 2.05) is 0 Å². The molecule has 6 nitrogen and oxygen atoms in total. The lowest BCUT2D eigenvalue weighted by molar-refractivity contribution is -0.137. The molecular weight excluding hydrogens is 411 g/mol. The summed E-state index contributed by atoms with van der Waals surface area (Å²) >= 11 is 0. The van der Waals surface area contributed by atoms with Crippen molar-refractivity contribution in [3.8, 4) is 5.75 Å². The topological polar surface area (TPSA) is 85.6 Å². The van der Waals surface area contributed by atoms with Gasteiger partial charge in [0.15, 0.2) is 0 Å². The number of alkyl halides is 3. The summed E-state index contributed by atoms with van der Waals surface area (Å²) in [6.07, 6.45) is -4.06. The molecule has 0 bridgehead atoms. The molecule has 0 aliphatic rings. The Morgan fingerprint density at radius 3 is 2.52 bits per heavy atom. The normalized spacial score (nSPS) is 12.1. The first-order valence-electron chi connectivity index (χ1n) is 8.51. The van der Waals surface area contributed by atoms with Gasteiger partial charge in [-0.3, -0.25) is 4.72 Å². The maximum Gasteiger partial charge on any atom is 0.416 e. The predicted molar refractivity (Wildman–Crippen MR) is 101 cm³/mol. The van der Waals surface area contributed by atoms with Crippen LogP contribution < -0.4 is 15.1 Å². The Morgan fingerprint density at radius 2 is 1.83 bits per heavy atom. The first-order valence-corrected chi connectivity index (χ1v) is 9.99. The second kappa shape index (κ2) is 7.78. The number of benzene rings is 2. The highest BCUT2D eigenvalue weighted by molar-refractivity contribution is 7.92. The minimum atomic E-state index is -4.65. The van der Waals surface area contributed by atoms with Gasteiger partial charge in [0.25, 0.3) is 10.0 Å². The molecule has 0 atom stereocenters. The summed E-state index contributed by atoms with van der Waals surface area (Å²) < 4.78 is 77.2. The number of fused-ring (bicyclic) bond motifs is 1. The molecule has 0 spiro atoms. The molecule has 1 aromatic heterocycles. The monoisotopic (exact) mass is 427 g/mol. The van der Waals surface area contributed by atoms with Gasteiger partial charge in [-0.05, 0) is 48.9 Å². The van der Waals surface area contributed by atoms with Crippen molar-refractivity contribution in [2.45, 2.75) is 24.4 Å². The van der Waals surface area contributed by atoms with Crippen LogP contribution in [0.1, 0.15) is 18.9 Å². The van der Waals surface area contributed by atoms with Crippen LogP contribution in [-0.4, -0.2) is 15.0 Å². The van der Waals surface area contributed by atoms with Gasteiger partial charge in [-0.25, -0.2) is 13.2 Å². The molecular formula is C19H16F3NO5S. The average molecular weight is 427 g/mol. The molecule has 0 amide bonds. The van der Waals surface area contributed by atoms with Crippen LogP contribution in [0.3, 0.4) is 0 Å². The summed E-state index contributed by atoms with van der Waals surface area (Å²) in [5.74, 6) is -0.0183. The van der Waals surface area contributed by atoms with Crippen LogP contribution in [0, 0.1) is 0 Å². The minimum absolute atomic E-state index is 0.0183. The summed E-state index contributed by atoms with van der Waals surface area (Å²) in [5, 5.41) is 0.346. The van der Waals surface area contributed by atoms with Crippen molar-refractivity contribution >= 4 is 26.7 Å². The van der Waals surface area contributed by atoms with Gasteiger partial charge >= 0.3 is 11.8 Å². The number of ether oxygens (including phenoxy) is 1. The summed E-state index contributed by atoms with van der Waals surface area (Å²) in [6, 6.07) is 8.84. The summed E-state index contributed by atoms with van der Waals surface area (Å²) in [4.78, 5) is 11.0. The quantitative estimate of drug-likeness (QED) is 0.590. The zero-order valence-electron chi connectivity index (χ0n) is 15.1. The maximum atomic E-state index is 13.1. The van der Waals surface area contributed by atoms with Gasteiger partial charge in [0.2, 0.25) is 0 Å². The molecule has 10 heteroatoms. The van der Waals surface area contributed by atoms with Crippen LogP contribution >= 0.6 is 0 Å². The van der Waals surface area contributed by atoms with Crippen molar-refractivity contribution < 1.29 is 30.7 Å². The Morgan fingerprint density at radius 1 is 1.07 bits per heavy atom. The standard InChI is InChI=1S/C19H16F3NO5S/c1-2-9-27-17-6-4-13(19(20,21)22)11-15(17)23-29(25,26)14-5-7-16-12(10-14)3-8-18(24)28-16/h3-8,10-11,23H,2,9H2,1H3. The number of nitrogens with one attached hydrogen (secondary N) is 1. The number of hydrogen-bond acceptors (Lipinski definition) is 5. The lowest BCUT2D eigenvalue weighted by atomic mass is 10.2. The highest BCUT2D eigenvalue weighted by atomic mass is 32.2. The molecule has 29 heavy (non-hydrogen) atoms. The Balaban J connectivity index is 2.02. The van der Waals surface area contributed by atoms with Crippen molar-refractivity contribution in [1.82, 2.24) is 0 Å². The molecule has 0 fully saturated rings. The number of rotatable bonds is 6. The third-order valence-electron chi connectivity index (χ3n) is 3.91. The molecule has 0 radical (unpaired) electrons. The zero-order chi connectivity index (χ0) is 21.2. The van der Waals surface area contributed by atoms with Crippen LogP contribution in [-0.2, 0) is 16.2 Å². The van der Waals surface area contributed by atoms with Crippen molar-refractivity contribution in [2.24, 2.45) is 0 Å². The van der Waals surface area contributed by atoms with Crippen LogP contribution in [0.25, 0.3) is 11.0 Å². The molecule has 0 aliphatic heterocycles. The highest BCUT2D eigenvalue weighted by Crippen LogP contribution is 2.36. The third kappa shape index (κ3) is 4.70. The number of hydrogen-bond donors (Lipinski definition) is 1. The molecule has 0 unspecified atom stereocenters. The molecule has 1 heterocycles. The lowest BCUT2D eigenvalue weighted by Gasteiger charge is -2.16. The first kappa shape index (κ1) is 20.7. The molecule has 3 aromatic rings. The predicted octanol–water partition coefficient (Wildman–Crippen LogP) is 4.40. The third-order valence-corrected chi connectivity index (χ3v) is 5.28. The van der Waals surface area contributed by atoms with E-state index in [1.54, 1.807) is 6.92 Å². The molecule has 0 saturated heterocycles. The summed E-state index contributed by atoms with van der Waals surface area (Å²) in [6.45, 7) is 2.01. The van der Waals surface area contributed by atoms with Gasteiger partial charge in [0, 0.05) is 11.5 Å². The van der Waals surface area contributed by atoms with E-state index in [4.69, 9.17) is 9.15 Å². The van der Waals surface area contributed by atoms with E-state index in [1.165, 1.54) is 24.3 Å². The second-order valence-corrected chi connectivity index (χ2v) is 7.80. The fraction of sp³-hybridized carbons (Fsp3) is 0.211. The van der Waals surface area contributed by atoms with Crippen LogP contribution in [0.5, 0.6) is 5.75 Å². The van der Waals surface area contributed by atoms with E-state index in [0.717, 1.165) is 18.2 Å². The molecule has 1 N–H and O–H groups in total. The van der Waals surface area contributed by atoms with Crippen molar-refractivity contribution in [3.63, 3.8) is 0 Å². The molecule has 3 rings (SSSR count). The van der Waals surface area contributed by atoms with Crippen LogP contribution in [0.4, 0.5) is 18.9 Å². The fourth-order valence-corrected chi connectivity index (χ4v) is 3.64. The Hall–Kier alpha value is -3.01. The van der Waals surface area contributed by atoms with Gasteiger partial charge in [-0.1, -0.05) is 6.92 Å². The maximum absolute atomic E-state index is 13.1. The molecule has 2 aromatic carbocycles. The number of anilines is 1. The van der Waals surface area contributed by atoms with E-state index < -0.39 is 27.4 Å². The largest absolute Gasteiger partial charge is 0.491 e. The molecule has 0 saturated carbocycles. The van der Waals surface area contributed by atoms with Crippen molar-refractivity contribution in [3.05, 3.63) is 64.5 Å². The van der Waals surface area contributed by atoms with E-state index in [2.05, 4.69) is 4.72 Å². The van der Waals surface area contributed by atoms with Crippen molar-refractivity contribution in [2.75, 3.05) is 11.3 Å². The van der Waals surface area contributed by atoms with Crippen molar-refractivity contribution in [1.29, 1.82) is 0 Å². The molecule has 154 valence electrons. The Bertz CT molecular complexity index is 1200. The van der Waals surface area contributed by atoms with Gasteiger partial charge in [-0.2, -0.15) is 13.2 Å². The second-order valence-electron chi connectivity index (χ2n) is 6.12. The van der Waals surface area contributed by atoms with E-state index in [0.29, 0.717) is 17.9 Å². The smallest absolute Gasteiger partial charge is 0.416 e. The first-order chi connectivity index (χ1) is 13.6. The van der Waals surface area contributed by atoms with Crippen LogP contribution in [0.2, 0.25) is 0 Å². The van der Waals surface area contributed by atoms with Gasteiger partial charge in [-0.15, -0.1) is 0 Å². The van der Waals surface area contributed by atoms with Gasteiger partial charge in [0.05, 0.1) is 22.8 Å². The lowest BCUT2D eigenvalue weighted by Crippen LogP contribution is -2.15. The van der Waals surface area contributed by atoms with E-state index >= 15 is 0 Å². The number of halogens is 3. The summed E-state index contributed by atoms with van der Waals surface area (Å²) in [7, 11) is -4.24. The fourth-order valence-electron chi connectivity index (χ4n) is 2.54. The Labute approximate surface area is 164 Å². The zero-order valence-corrected chi connectivity index (χ0v) is 15.9. The SMILES string of the molecule is CCCOc1ccc(C(F)(F)F)cc1NS(=O)(=O)c1ccc2oc(=O)ccc2c1. The van der Waals surface area contributed by atoms with Gasteiger partial charge in [0.1, 0.15) is 11.3 Å². The minimum Gasteiger partial charge on any atom is -0.491 e. The Kier molecular flexibility index (Phi) is 5.56. The van der Waals surface area contributed by atoms with E-state index in [-0.39, 0.29) is 28.5 Å². The highest BCUT2D eigenvalue weighted by Gasteiger charge is 2.32.